The van der Waals surface area contributed by atoms with E-state index in [0.29, 0.717) is 0 Å². The molecule has 4 nitrogen and oxygen atoms in total. The fourth-order valence-corrected chi connectivity index (χ4v) is 3.50. The van der Waals surface area contributed by atoms with Crippen molar-refractivity contribution in [3.8, 4) is 0 Å². The monoisotopic (exact) mass is 296 g/mol. The zero-order chi connectivity index (χ0) is 14.4. The van der Waals surface area contributed by atoms with Gasteiger partial charge in [-0.25, -0.2) is 0 Å². The van der Waals surface area contributed by atoms with Crippen LogP contribution in [0.5, 0.6) is 0 Å². The summed E-state index contributed by atoms with van der Waals surface area (Å²) in [5.41, 5.74) is 1.13. The lowest BCUT2D eigenvalue weighted by molar-refractivity contribution is 0.262. The van der Waals surface area contributed by atoms with E-state index in [0.717, 1.165) is 42.0 Å². The van der Waals surface area contributed by atoms with Crippen molar-refractivity contribution in [2.45, 2.75) is 53.0 Å². The van der Waals surface area contributed by atoms with E-state index >= 15 is 0 Å². The second-order valence-electron chi connectivity index (χ2n) is 6.19. The summed E-state index contributed by atoms with van der Waals surface area (Å²) in [7, 11) is 0. The Morgan fingerprint density at radius 1 is 1.35 bits per heavy atom. The Morgan fingerprint density at radius 3 is 2.95 bits per heavy atom. The van der Waals surface area contributed by atoms with Gasteiger partial charge in [-0.2, -0.15) is 0 Å². The van der Waals surface area contributed by atoms with E-state index in [9.17, 15) is 0 Å². The van der Waals surface area contributed by atoms with Crippen LogP contribution in [-0.4, -0.2) is 34.1 Å². The van der Waals surface area contributed by atoms with E-state index in [1.807, 2.05) is 0 Å². The van der Waals surface area contributed by atoms with Crippen molar-refractivity contribution in [1.82, 2.24) is 14.5 Å². The fourth-order valence-electron chi connectivity index (χ4n) is 2.90. The number of nitrogens with one attached hydrogen (secondary N) is 1. The molecule has 1 aliphatic rings. The number of rotatable bonds is 6. The molecule has 114 valence electrons. The molecule has 0 amide bonds. The molecule has 0 bridgehead atoms. The van der Waals surface area contributed by atoms with Crippen molar-refractivity contribution in [3.05, 3.63) is 5.69 Å². The van der Waals surface area contributed by atoms with Crippen LogP contribution < -0.4 is 5.32 Å². The molecule has 1 aromatic heterocycles. The van der Waals surface area contributed by atoms with Gasteiger partial charge in [0.1, 0.15) is 10.7 Å². The van der Waals surface area contributed by atoms with Crippen LogP contribution in [0.1, 0.15) is 52.1 Å². The summed E-state index contributed by atoms with van der Waals surface area (Å²) in [5.74, 6) is 1.71. The smallest absolute Gasteiger partial charge is 0.134 e. The molecule has 1 N–H and O–H groups in total. The zero-order valence-electron chi connectivity index (χ0n) is 13.1. The second kappa shape index (κ2) is 7.93. The summed E-state index contributed by atoms with van der Waals surface area (Å²) < 4.78 is 4.11. The van der Waals surface area contributed by atoms with Gasteiger partial charge in [-0.3, -0.25) is 4.90 Å². The van der Waals surface area contributed by atoms with E-state index in [-0.39, 0.29) is 0 Å². The van der Waals surface area contributed by atoms with Gasteiger partial charge in [0.25, 0.3) is 0 Å². The van der Waals surface area contributed by atoms with Gasteiger partial charge < -0.3 is 5.32 Å². The molecule has 5 heteroatoms. The number of aromatic nitrogens is 2. The summed E-state index contributed by atoms with van der Waals surface area (Å²) in [4.78, 5) is 2.55. The Morgan fingerprint density at radius 2 is 2.20 bits per heavy atom. The SMILES string of the molecule is CCCNc1snnc1CN1CCCC(C(C)C)CC1. The molecule has 1 saturated heterocycles. The maximum absolute atomic E-state index is 4.31. The maximum atomic E-state index is 4.31. The molecule has 1 atom stereocenters. The zero-order valence-corrected chi connectivity index (χ0v) is 13.9. The Labute approximate surface area is 127 Å². The van der Waals surface area contributed by atoms with Gasteiger partial charge in [0.15, 0.2) is 0 Å². The Kier molecular flexibility index (Phi) is 6.23. The maximum Gasteiger partial charge on any atom is 0.134 e. The molecular formula is C15H28N4S. The van der Waals surface area contributed by atoms with Crippen LogP contribution in [0.4, 0.5) is 5.00 Å². The first-order valence-electron chi connectivity index (χ1n) is 7.98. The third kappa shape index (κ3) is 4.42. The number of hydrogen-bond acceptors (Lipinski definition) is 5. The highest BCUT2D eigenvalue weighted by molar-refractivity contribution is 7.10. The number of anilines is 1. The van der Waals surface area contributed by atoms with Gasteiger partial charge >= 0.3 is 0 Å². The lowest BCUT2D eigenvalue weighted by Gasteiger charge is -2.20. The summed E-state index contributed by atoms with van der Waals surface area (Å²) in [5, 5.41) is 8.92. The molecule has 0 radical (unpaired) electrons. The molecule has 20 heavy (non-hydrogen) atoms. The van der Waals surface area contributed by atoms with Crippen LogP contribution >= 0.6 is 11.5 Å². The van der Waals surface area contributed by atoms with E-state index in [4.69, 9.17) is 0 Å². The van der Waals surface area contributed by atoms with Crippen LogP contribution in [-0.2, 0) is 6.54 Å². The van der Waals surface area contributed by atoms with Crippen molar-refractivity contribution >= 4 is 16.5 Å². The van der Waals surface area contributed by atoms with Gasteiger partial charge in [0.05, 0.1) is 0 Å². The molecule has 0 aromatic carbocycles. The minimum absolute atomic E-state index is 0.817. The second-order valence-corrected chi connectivity index (χ2v) is 6.94. The van der Waals surface area contributed by atoms with Gasteiger partial charge in [-0.1, -0.05) is 25.3 Å². The predicted molar refractivity (Wildman–Crippen MR) is 86.1 cm³/mol. The normalized spacial score (nSPS) is 21.1. The molecule has 0 aliphatic carbocycles. The minimum atomic E-state index is 0.817. The Balaban J connectivity index is 1.88. The number of likely N-dealkylation sites (tertiary alicyclic amines) is 1. The topological polar surface area (TPSA) is 41.1 Å². The van der Waals surface area contributed by atoms with Crippen LogP contribution in [0.2, 0.25) is 0 Å². The first-order valence-corrected chi connectivity index (χ1v) is 8.75. The van der Waals surface area contributed by atoms with Crippen molar-refractivity contribution < 1.29 is 0 Å². The highest BCUT2D eigenvalue weighted by Crippen LogP contribution is 2.26. The van der Waals surface area contributed by atoms with Gasteiger partial charge in [-0.15, -0.1) is 5.10 Å². The third-order valence-electron chi connectivity index (χ3n) is 4.27. The highest BCUT2D eigenvalue weighted by Gasteiger charge is 2.21. The van der Waals surface area contributed by atoms with Crippen molar-refractivity contribution in [3.63, 3.8) is 0 Å². The van der Waals surface area contributed by atoms with Crippen molar-refractivity contribution in [1.29, 1.82) is 0 Å². The summed E-state index contributed by atoms with van der Waals surface area (Å²) in [6, 6.07) is 0. The van der Waals surface area contributed by atoms with Gasteiger partial charge in [0, 0.05) is 24.6 Å². The van der Waals surface area contributed by atoms with Crippen molar-refractivity contribution in [2.75, 3.05) is 25.0 Å². The molecule has 2 heterocycles. The largest absolute Gasteiger partial charge is 0.374 e. The molecular weight excluding hydrogens is 268 g/mol. The quantitative estimate of drug-likeness (QED) is 0.870. The van der Waals surface area contributed by atoms with Gasteiger partial charge in [-0.05, 0) is 50.6 Å². The fraction of sp³-hybridized carbons (Fsp3) is 0.867. The summed E-state index contributed by atoms with van der Waals surface area (Å²) in [6.45, 7) is 11.3. The summed E-state index contributed by atoms with van der Waals surface area (Å²) >= 11 is 1.49. The molecule has 2 rings (SSSR count). The van der Waals surface area contributed by atoms with E-state index < -0.39 is 0 Å². The molecule has 0 saturated carbocycles. The van der Waals surface area contributed by atoms with Crippen LogP contribution in [0, 0.1) is 11.8 Å². The third-order valence-corrected chi connectivity index (χ3v) is 5.00. The van der Waals surface area contributed by atoms with Crippen LogP contribution in [0.25, 0.3) is 0 Å². The van der Waals surface area contributed by atoms with Crippen molar-refractivity contribution in [2.24, 2.45) is 11.8 Å². The molecule has 1 aromatic rings. The molecule has 1 fully saturated rings. The Bertz CT molecular complexity index is 391. The minimum Gasteiger partial charge on any atom is -0.374 e. The number of nitrogens with zero attached hydrogens (tertiary/aromatic N) is 3. The average molecular weight is 296 g/mol. The average Bonchev–Trinajstić information content (AvgIpc) is 2.71. The van der Waals surface area contributed by atoms with E-state index in [2.05, 4.69) is 40.6 Å². The lowest BCUT2D eigenvalue weighted by Crippen LogP contribution is -2.25. The van der Waals surface area contributed by atoms with Gasteiger partial charge in [0.2, 0.25) is 0 Å². The standard InChI is InChI=1S/C15H28N4S/c1-4-8-16-15-14(17-18-20-15)11-19-9-5-6-13(7-10-19)12(2)3/h12-13,16H,4-11H2,1-3H3. The first kappa shape index (κ1) is 15.7. The predicted octanol–water partition coefficient (Wildman–Crippen LogP) is 3.62. The Hall–Kier alpha value is -0.680. The highest BCUT2D eigenvalue weighted by atomic mass is 32.1. The molecule has 1 aliphatic heterocycles. The lowest BCUT2D eigenvalue weighted by atomic mass is 9.89. The number of hydrogen-bond donors (Lipinski definition) is 1. The van der Waals surface area contributed by atoms with E-state index in [1.54, 1.807) is 0 Å². The first-order chi connectivity index (χ1) is 9.70. The van der Waals surface area contributed by atoms with E-state index in [1.165, 1.54) is 43.9 Å². The van der Waals surface area contributed by atoms with Crippen LogP contribution in [0.3, 0.4) is 0 Å². The van der Waals surface area contributed by atoms with Crippen LogP contribution in [0.15, 0.2) is 0 Å². The molecule has 0 spiro atoms. The summed E-state index contributed by atoms with van der Waals surface area (Å²) in [6.07, 6.45) is 5.16. The molecule has 1 unspecified atom stereocenters.